The van der Waals surface area contributed by atoms with E-state index in [4.69, 9.17) is 9.47 Å². The lowest BCUT2D eigenvalue weighted by Crippen LogP contribution is -2.19. The first-order valence-electron chi connectivity index (χ1n) is 9.57. The highest BCUT2D eigenvalue weighted by molar-refractivity contribution is 9.10. The molecular weight excluding hydrogens is 471 g/mol. The maximum atomic E-state index is 13.0. The van der Waals surface area contributed by atoms with Crippen molar-refractivity contribution in [3.8, 4) is 11.5 Å². The van der Waals surface area contributed by atoms with E-state index in [1.807, 2.05) is 26.0 Å². The standard InChI is InChI=1S/C22H22BrFN2O3S/c1-4-13(3)29-20-17(23)10-14(11-18(20)28-5-2)12-19-21(27)26-22(30-19)25-16-8-6-15(24)7-9-16/h6-13H,4-5H2,1-3H3,(H,25,26,27)/b19-12-. The third kappa shape index (κ3) is 5.64. The second-order valence-corrected chi connectivity index (χ2v) is 8.44. The number of aliphatic imine (C=N–C) groups is 1. The number of carbonyl (C=O) groups excluding carboxylic acids is 1. The van der Waals surface area contributed by atoms with Gasteiger partial charge in [-0.05, 0) is 96.0 Å². The zero-order chi connectivity index (χ0) is 21.7. The number of amides is 1. The second-order valence-electron chi connectivity index (χ2n) is 6.56. The summed E-state index contributed by atoms with van der Waals surface area (Å²) in [6.45, 7) is 6.45. The lowest BCUT2D eigenvalue weighted by atomic mass is 10.1. The fourth-order valence-electron chi connectivity index (χ4n) is 2.60. The SMILES string of the molecule is CCOc1cc(/C=C2\SC(=Nc3ccc(F)cc3)NC2=O)cc(Br)c1OC(C)CC. The van der Waals surface area contributed by atoms with Gasteiger partial charge in [-0.15, -0.1) is 0 Å². The predicted octanol–water partition coefficient (Wildman–Crippen LogP) is 6.06. The van der Waals surface area contributed by atoms with Crippen LogP contribution in [0.2, 0.25) is 0 Å². The first-order valence-corrected chi connectivity index (χ1v) is 11.2. The molecule has 0 saturated carbocycles. The molecule has 1 N–H and O–H groups in total. The molecule has 2 aromatic carbocycles. The van der Waals surface area contributed by atoms with Crippen LogP contribution in [0.1, 0.15) is 32.8 Å². The van der Waals surface area contributed by atoms with E-state index in [2.05, 4.69) is 33.2 Å². The molecule has 1 fully saturated rings. The van der Waals surface area contributed by atoms with E-state index in [9.17, 15) is 9.18 Å². The smallest absolute Gasteiger partial charge is 0.264 e. The van der Waals surface area contributed by atoms with Gasteiger partial charge in [0, 0.05) is 0 Å². The van der Waals surface area contributed by atoms with Crippen LogP contribution in [0, 0.1) is 5.82 Å². The molecule has 30 heavy (non-hydrogen) atoms. The molecule has 2 aromatic rings. The average molecular weight is 493 g/mol. The molecule has 1 aliphatic rings. The topological polar surface area (TPSA) is 59.9 Å². The Bertz CT molecular complexity index is 993. The van der Waals surface area contributed by atoms with Crippen LogP contribution < -0.4 is 14.8 Å². The normalized spacial score (nSPS) is 17.3. The maximum Gasteiger partial charge on any atom is 0.264 e. The molecule has 0 aliphatic carbocycles. The Morgan fingerprint density at radius 3 is 2.67 bits per heavy atom. The number of benzene rings is 2. The highest BCUT2D eigenvalue weighted by Gasteiger charge is 2.24. The van der Waals surface area contributed by atoms with Gasteiger partial charge < -0.3 is 14.8 Å². The van der Waals surface area contributed by atoms with Crippen LogP contribution in [0.15, 0.2) is 50.8 Å². The number of nitrogens with zero attached hydrogens (tertiary/aromatic N) is 1. The zero-order valence-electron chi connectivity index (χ0n) is 16.9. The van der Waals surface area contributed by atoms with Gasteiger partial charge in [0.2, 0.25) is 0 Å². The van der Waals surface area contributed by atoms with Crippen LogP contribution in [0.25, 0.3) is 6.08 Å². The molecular formula is C22H22BrFN2O3S. The Hall–Kier alpha value is -2.32. The van der Waals surface area contributed by atoms with E-state index in [0.717, 1.165) is 16.5 Å². The first kappa shape index (κ1) is 22.4. The first-order chi connectivity index (χ1) is 14.4. The number of hydrogen-bond acceptors (Lipinski definition) is 5. The molecule has 0 spiro atoms. The fraction of sp³-hybridized carbons (Fsp3) is 0.273. The third-order valence-corrected chi connectivity index (χ3v) is 5.73. The molecule has 0 bridgehead atoms. The third-order valence-electron chi connectivity index (χ3n) is 4.23. The number of nitrogens with one attached hydrogen (secondary N) is 1. The number of amidine groups is 1. The highest BCUT2D eigenvalue weighted by Crippen LogP contribution is 2.39. The summed E-state index contributed by atoms with van der Waals surface area (Å²) in [5, 5.41) is 3.17. The highest BCUT2D eigenvalue weighted by atomic mass is 79.9. The van der Waals surface area contributed by atoms with E-state index < -0.39 is 0 Å². The van der Waals surface area contributed by atoms with Gasteiger partial charge in [-0.2, -0.15) is 0 Å². The van der Waals surface area contributed by atoms with Crippen molar-refractivity contribution in [3.05, 3.63) is 57.2 Å². The van der Waals surface area contributed by atoms with Crippen molar-refractivity contribution < 1.29 is 18.7 Å². The number of ether oxygens (including phenoxy) is 2. The van der Waals surface area contributed by atoms with Crippen molar-refractivity contribution >= 4 is 50.5 Å². The van der Waals surface area contributed by atoms with E-state index in [1.165, 1.54) is 23.9 Å². The Morgan fingerprint density at radius 1 is 1.27 bits per heavy atom. The van der Waals surface area contributed by atoms with Crippen LogP contribution in [0.5, 0.6) is 11.5 Å². The quantitative estimate of drug-likeness (QED) is 0.477. The summed E-state index contributed by atoms with van der Waals surface area (Å²) >= 11 is 4.78. The summed E-state index contributed by atoms with van der Waals surface area (Å²) in [7, 11) is 0. The van der Waals surface area contributed by atoms with Crippen LogP contribution in [-0.2, 0) is 4.79 Å². The largest absolute Gasteiger partial charge is 0.490 e. The Morgan fingerprint density at radius 2 is 2.00 bits per heavy atom. The Balaban J connectivity index is 1.86. The van der Waals surface area contributed by atoms with Crippen LogP contribution >= 0.6 is 27.7 Å². The molecule has 3 rings (SSSR count). The molecule has 1 amide bonds. The number of halogens is 2. The summed E-state index contributed by atoms with van der Waals surface area (Å²) in [6.07, 6.45) is 2.69. The van der Waals surface area contributed by atoms with Crippen LogP contribution in [-0.4, -0.2) is 23.8 Å². The molecule has 1 heterocycles. The van der Waals surface area contributed by atoms with E-state index >= 15 is 0 Å². The van der Waals surface area contributed by atoms with E-state index in [1.54, 1.807) is 18.2 Å². The number of hydrogen-bond donors (Lipinski definition) is 1. The minimum atomic E-state index is -0.334. The van der Waals surface area contributed by atoms with Crippen molar-refractivity contribution in [2.45, 2.75) is 33.3 Å². The van der Waals surface area contributed by atoms with Crippen LogP contribution in [0.4, 0.5) is 10.1 Å². The molecule has 1 aliphatic heterocycles. The van der Waals surface area contributed by atoms with Gasteiger partial charge >= 0.3 is 0 Å². The number of thioether (sulfide) groups is 1. The number of rotatable bonds is 7. The minimum Gasteiger partial charge on any atom is -0.490 e. The molecule has 1 saturated heterocycles. The van der Waals surface area contributed by atoms with Crippen molar-refractivity contribution in [2.75, 3.05) is 6.61 Å². The molecule has 0 radical (unpaired) electrons. The molecule has 1 unspecified atom stereocenters. The Labute approximate surface area is 187 Å². The van der Waals surface area contributed by atoms with Gasteiger partial charge in [0.25, 0.3) is 5.91 Å². The molecule has 8 heteroatoms. The van der Waals surface area contributed by atoms with E-state index in [-0.39, 0.29) is 17.8 Å². The van der Waals surface area contributed by atoms with Crippen molar-refractivity contribution in [1.29, 1.82) is 0 Å². The summed E-state index contributed by atoms with van der Waals surface area (Å²) in [5.41, 5.74) is 1.36. The number of carbonyl (C=O) groups is 1. The van der Waals surface area contributed by atoms with Crippen molar-refractivity contribution in [3.63, 3.8) is 0 Å². The summed E-state index contributed by atoms with van der Waals surface area (Å²) in [6, 6.07) is 9.50. The molecule has 5 nitrogen and oxygen atoms in total. The summed E-state index contributed by atoms with van der Waals surface area (Å²) in [4.78, 5) is 17.2. The molecule has 0 aromatic heterocycles. The van der Waals surface area contributed by atoms with Gasteiger partial charge in [0.05, 0.1) is 27.8 Å². The summed E-state index contributed by atoms with van der Waals surface area (Å²) in [5.74, 6) is 0.687. The van der Waals surface area contributed by atoms with Gasteiger partial charge in [0.15, 0.2) is 16.7 Å². The van der Waals surface area contributed by atoms with Crippen molar-refractivity contribution in [2.24, 2.45) is 4.99 Å². The van der Waals surface area contributed by atoms with Crippen LogP contribution in [0.3, 0.4) is 0 Å². The van der Waals surface area contributed by atoms with Crippen molar-refractivity contribution in [1.82, 2.24) is 5.32 Å². The summed E-state index contributed by atoms with van der Waals surface area (Å²) < 4.78 is 25.6. The zero-order valence-corrected chi connectivity index (χ0v) is 19.3. The van der Waals surface area contributed by atoms with E-state index in [0.29, 0.717) is 33.9 Å². The van der Waals surface area contributed by atoms with Gasteiger partial charge in [-0.3, -0.25) is 4.79 Å². The molecule has 158 valence electrons. The van der Waals surface area contributed by atoms with Gasteiger partial charge in [-0.25, -0.2) is 9.38 Å². The molecule has 1 atom stereocenters. The lowest BCUT2D eigenvalue weighted by Gasteiger charge is -2.18. The minimum absolute atomic E-state index is 0.0473. The average Bonchev–Trinajstić information content (AvgIpc) is 3.05. The van der Waals surface area contributed by atoms with Gasteiger partial charge in [0.1, 0.15) is 5.82 Å². The lowest BCUT2D eigenvalue weighted by molar-refractivity contribution is -0.115. The predicted molar refractivity (Wildman–Crippen MR) is 123 cm³/mol. The monoisotopic (exact) mass is 492 g/mol. The fourth-order valence-corrected chi connectivity index (χ4v) is 3.99. The Kier molecular flexibility index (Phi) is 7.55. The van der Waals surface area contributed by atoms with Gasteiger partial charge in [-0.1, -0.05) is 6.92 Å². The second kappa shape index (κ2) is 10.1. The maximum absolute atomic E-state index is 13.0.